The topological polar surface area (TPSA) is 29.9 Å². The van der Waals surface area contributed by atoms with Gasteiger partial charge in [0.1, 0.15) is 5.82 Å². The van der Waals surface area contributed by atoms with Crippen molar-refractivity contribution in [3.05, 3.63) is 47.0 Å². The highest BCUT2D eigenvalue weighted by Gasteiger charge is 2.16. The fraction of sp³-hybridized carbons (Fsp3) is 0.235. The molecule has 0 atom stereocenters. The van der Waals surface area contributed by atoms with E-state index in [1.807, 2.05) is 18.2 Å². The van der Waals surface area contributed by atoms with Gasteiger partial charge in [0.2, 0.25) is 0 Å². The zero-order valence-electron chi connectivity index (χ0n) is 11.9. The third-order valence-corrected chi connectivity index (χ3v) is 4.41. The zero-order chi connectivity index (χ0) is 14.4. The summed E-state index contributed by atoms with van der Waals surface area (Å²) in [5, 5.41) is 4.15. The molecule has 3 nitrogen and oxygen atoms in total. The summed E-state index contributed by atoms with van der Waals surface area (Å²) < 4.78 is 2.20. The lowest BCUT2D eigenvalue weighted by Gasteiger charge is -2.08. The van der Waals surface area contributed by atoms with Crippen LogP contribution in [0.1, 0.15) is 12.5 Å². The predicted molar refractivity (Wildman–Crippen MR) is 88.0 cm³/mol. The number of imidazole rings is 1. The van der Waals surface area contributed by atoms with E-state index in [1.165, 1.54) is 11.3 Å². The van der Waals surface area contributed by atoms with Gasteiger partial charge in [-0.3, -0.25) is 0 Å². The molecule has 0 saturated heterocycles. The molecule has 0 radical (unpaired) electrons. The lowest BCUT2D eigenvalue weighted by molar-refractivity contribution is 0.796. The van der Waals surface area contributed by atoms with Gasteiger partial charge in [0, 0.05) is 24.3 Å². The Balaban J connectivity index is 1.96. The second-order valence-electron chi connectivity index (χ2n) is 5.34. The first-order valence-electron chi connectivity index (χ1n) is 7.30. The van der Waals surface area contributed by atoms with Crippen LogP contribution >= 0.6 is 11.6 Å². The van der Waals surface area contributed by atoms with Gasteiger partial charge in [0.15, 0.2) is 0 Å². The molecule has 0 fully saturated rings. The Kier molecular flexibility index (Phi) is 2.89. The van der Waals surface area contributed by atoms with Crippen LogP contribution in [0.2, 0.25) is 5.02 Å². The zero-order valence-corrected chi connectivity index (χ0v) is 12.6. The summed E-state index contributed by atoms with van der Waals surface area (Å²) in [6, 6.07) is 12.4. The monoisotopic (exact) mass is 297 g/mol. The molecule has 0 saturated carbocycles. The van der Waals surface area contributed by atoms with E-state index in [2.05, 4.69) is 35.0 Å². The van der Waals surface area contributed by atoms with E-state index in [1.54, 1.807) is 0 Å². The number of hydrogen-bond donors (Lipinski definition) is 1. The van der Waals surface area contributed by atoms with Gasteiger partial charge in [-0.05, 0) is 49.2 Å². The number of fused-ring (bicyclic) bond motifs is 2. The molecule has 0 bridgehead atoms. The number of nitrogens with zero attached hydrogens (tertiary/aromatic N) is 2. The Hall–Kier alpha value is -2.00. The van der Waals surface area contributed by atoms with E-state index in [9.17, 15) is 0 Å². The highest BCUT2D eigenvalue weighted by atomic mass is 35.5. The van der Waals surface area contributed by atoms with E-state index in [4.69, 9.17) is 16.6 Å². The van der Waals surface area contributed by atoms with Crippen LogP contribution in [-0.4, -0.2) is 16.1 Å². The van der Waals surface area contributed by atoms with Crippen LogP contribution in [0.3, 0.4) is 0 Å². The number of anilines is 1. The van der Waals surface area contributed by atoms with Crippen LogP contribution < -0.4 is 5.32 Å². The van der Waals surface area contributed by atoms with Crippen molar-refractivity contribution in [2.75, 3.05) is 11.9 Å². The minimum Gasteiger partial charge on any atom is -0.384 e. The van der Waals surface area contributed by atoms with Crippen molar-refractivity contribution >= 4 is 28.3 Å². The molecule has 106 valence electrons. The Morgan fingerprint density at radius 3 is 3.05 bits per heavy atom. The predicted octanol–water partition coefficient (Wildman–Crippen LogP) is 4.34. The number of benzene rings is 2. The maximum absolute atomic E-state index is 6.36. The van der Waals surface area contributed by atoms with Gasteiger partial charge >= 0.3 is 0 Å². The minimum atomic E-state index is 0.760. The van der Waals surface area contributed by atoms with E-state index < -0.39 is 0 Å². The van der Waals surface area contributed by atoms with Gasteiger partial charge in [0.05, 0.1) is 16.1 Å². The number of aryl methyl sites for hydroxylation is 1. The van der Waals surface area contributed by atoms with Crippen molar-refractivity contribution in [3.8, 4) is 11.4 Å². The molecule has 0 aliphatic carbocycles. The third kappa shape index (κ3) is 1.92. The van der Waals surface area contributed by atoms with E-state index in [-0.39, 0.29) is 0 Å². The highest BCUT2D eigenvalue weighted by molar-refractivity contribution is 6.35. The first-order valence-corrected chi connectivity index (χ1v) is 7.67. The fourth-order valence-electron chi connectivity index (χ4n) is 3.11. The Morgan fingerprint density at radius 2 is 2.19 bits per heavy atom. The second-order valence-corrected chi connectivity index (χ2v) is 5.74. The van der Waals surface area contributed by atoms with E-state index >= 15 is 0 Å². The molecule has 1 N–H and O–H groups in total. The van der Waals surface area contributed by atoms with Crippen LogP contribution in [0.5, 0.6) is 0 Å². The van der Waals surface area contributed by atoms with E-state index in [0.717, 1.165) is 47.0 Å². The molecule has 4 heteroatoms. The number of nitrogens with one attached hydrogen (secondary N) is 1. The van der Waals surface area contributed by atoms with Gasteiger partial charge in [-0.2, -0.15) is 0 Å². The lowest BCUT2D eigenvalue weighted by Crippen LogP contribution is -1.98. The highest BCUT2D eigenvalue weighted by Crippen LogP contribution is 2.32. The molecular weight excluding hydrogens is 282 g/mol. The molecule has 3 aromatic rings. The van der Waals surface area contributed by atoms with Gasteiger partial charge in [-0.25, -0.2) is 4.98 Å². The standard InChI is InChI=1S/C17H16ClN3/c1-2-21-16-13(18)4-3-5-15(16)20-17(21)12-6-7-14-11(10-12)8-9-19-14/h3-7,10,19H,2,8-9H2,1H3. The van der Waals surface area contributed by atoms with Crippen molar-refractivity contribution in [3.63, 3.8) is 0 Å². The second kappa shape index (κ2) is 4.78. The third-order valence-electron chi connectivity index (χ3n) is 4.11. The first kappa shape index (κ1) is 12.7. The van der Waals surface area contributed by atoms with Gasteiger partial charge in [-0.15, -0.1) is 0 Å². The maximum atomic E-state index is 6.36. The smallest absolute Gasteiger partial charge is 0.141 e. The largest absolute Gasteiger partial charge is 0.384 e. The molecule has 1 aliphatic rings. The molecule has 4 rings (SSSR count). The lowest BCUT2D eigenvalue weighted by atomic mass is 10.1. The summed E-state index contributed by atoms with van der Waals surface area (Å²) in [6.45, 7) is 4.00. The molecular formula is C17H16ClN3. The molecule has 1 aromatic heterocycles. The molecule has 1 aliphatic heterocycles. The number of hydrogen-bond acceptors (Lipinski definition) is 2. The average Bonchev–Trinajstić information content (AvgIpc) is 3.10. The quantitative estimate of drug-likeness (QED) is 0.762. The van der Waals surface area contributed by atoms with Crippen LogP contribution in [0.15, 0.2) is 36.4 Å². The number of aromatic nitrogens is 2. The minimum absolute atomic E-state index is 0.760. The molecule has 2 heterocycles. The molecule has 0 unspecified atom stereocenters. The summed E-state index contributed by atoms with van der Waals surface area (Å²) in [5.41, 5.74) is 5.75. The fourth-order valence-corrected chi connectivity index (χ4v) is 3.39. The van der Waals surface area contributed by atoms with Crippen molar-refractivity contribution in [1.82, 2.24) is 9.55 Å². The van der Waals surface area contributed by atoms with Crippen molar-refractivity contribution in [1.29, 1.82) is 0 Å². The Morgan fingerprint density at radius 1 is 1.29 bits per heavy atom. The molecule has 21 heavy (non-hydrogen) atoms. The summed E-state index contributed by atoms with van der Waals surface area (Å²) in [6.07, 6.45) is 1.08. The number of halogens is 1. The maximum Gasteiger partial charge on any atom is 0.141 e. The summed E-state index contributed by atoms with van der Waals surface area (Å²) in [4.78, 5) is 4.80. The Labute approximate surface area is 128 Å². The summed E-state index contributed by atoms with van der Waals surface area (Å²) in [7, 11) is 0. The van der Waals surface area contributed by atoms with Crippen LogP contribution in [0.4, 0.5) is 5.69 Å². The Bertz CT molecular complexity index is 835. The van der Waals surface area contributed by atoms with Crippen LogP contribution in [0, 0.1) is 0 Å². The van der Waals surface area contributed by atoms with Crippen molar-refractivity contribution in [2.24, 2.45) is 0 Å². The SMILES string of the molecule is CCn1c(-c2ccc3c(c2)CCN3)nc2cccc(Cl)c21. The summed E-state index contributed by atoms with van der Waals surface area (Å²) >= 11 is 6.36. The number of rotatable bonds is 2. The van der Waals surface area contributed by atoms with E-state index in [0.29, 0.717) is 0 Å². The van der Waals surface area contributed by atoms with Gasteiger partial charge in [0.25, 0.3) is 0 Å². The molecule has 2 aromatic carbocycles. The van der Waals surface area contributed by atoms with Crippen molar-refractivity contribution in [2.45, 2.75) is 19.9 Å². The normalized spacial score (nSPS) is 13.4. The van der Waals surface area contributed by atoms with Crippen molar-refractivity contribution < 1.29 is 0 Å². The summed E-state index contributed by atoms with van der Waals surface area (Å²) in [5.74, 6) is 0.996. The average molecular weight is 298 g/mol. The van der Waals surface area contributed by atoms with Crippen LogP contribution in [-0.2, 0) is 13.0 Å². The number of para-hydroxylation sites is 1. The van der Waals surface area contributed by atoms with Gasteiger partial charge < -0.3 is 9.88 Å². The molecule has 0 amide bonds. The first-order chi connectivity index (χ1) is 10.3. The van der Waals surface area contributed by atoms with Gasteiger partial charge in [-0.1, -0.05) is 17.7 Å². The van der Waals surface area contributed by atoms with Crippen LogP contribution in [0.25, 0.3) is 22.4 Å². The molecule has 0 spiro atoms.